The van der Waals surface area contributed by atoms with Crippen molar-refractivity contribution in [1.29, 1.82) is 0 Å². The minimum atomic E-state index is -0.682. The highest BCUT2D eigenvalue weighted by Crippen LogP contribution is 2.40. The number of carbonyl (C=O) groups excluding carboxylic acids is 2. The quantitative estimate of drug-likeness (QED) is 0.192. The van der Waals surface area contributed by atoms with Crippen molar-refractivity contribution in [3.05, 3.63) is 88.6 Å². The third-order valence-corrected chi connectivity index (χ3v) is 6.37. The number of ether oxygens (including phenoxy) is 3. The highest BCUT2D eigenvalue weighted by molar-refractivity contribution is 5.88. The molecule has 204 valence electrons. The summed E-state index contributed by atoms with van der Waals surface area (Å²) in [6.07, 6.45) is 18.5. The van der Waals surface area contributed by atoms with E-state index in [1.54, 1.807) is 18.2 Å². The minimum absolute atomic E-state index is 0.000623. The Bertz CT molecular complexity index is 1170. The van der Waals surface area contributed by atoms with Gasteiger partial charge in [-0.05, 0) is 80.9 Å². The predicted molar refractivity (Wildman–Crippen MR) is 152 cm³/mol. The summed E-state index contributed by atoms with van der Waals surface area (Å²) < 4.78 is 15.0. The van der Waals surface area contributed by atoms with Gasteiger partial charge in [-0.1, -0.05) is 67.0 Å². The van der Waals surface area contributed by atoms with Crippen molar-refractivity contribution < 1.29 is 28.9 Å². The Labute approximate surface area is 226 Å². The van der Waals surface area contributed by atoms with E-state index in [1.165, 1.54) is 55.7 Å². The number of allylic oxidation sites excluding steroid dienone is 9. The number of esters is 2. The Hall–Kier alpha value is -3.80. The predicted octanol–water partition coefficient (Wildman–Crippen LogP) is 7.03. The summed E-state index contributed by atoms with van der Waals surface area (Å²) in [4.78, 5) is 23.7. The second-order valence-electron chi connectivity index (χ2n) is 10.0. The van der Waals surface area contributed by atoms with E-state index >= 15 is 0 Å². The van der Waals surface area contributed by atoms with Crippen LogP contribution in [0.25, 0.3) is 6.08 Å². The van der Waals surface area contributed by atoms with Crippen LogP contribution in [0.4, 0.5) is 0 Å². The van der Waals surface area contributed by atoms with Gasteiger partial charge >= 0.3 is 11.9 Å². The number of benzene rings is 1. The van der Waals surface area contributed by atoms with Gasteiger partial charge in [0.05, 0.1) is 7.11 Å². The molecule has 1 aliphatic rings. The average Bonchev–Trinajstić information content (AvgIpc) is 2.86. The molecule has 0 heterocycles. The molecule has 1 aromatic carbocycles. The van der Waals surface area contributed by atoms with Gasteiger partial charge in [-0.3, -0.25) is 0 Å². The van der Waals surface area contributed by atoms with Crippen molar-refractivity contribution >= 4 is 18.0 Å². The maximum atomic E-state index is 11.9. The van der Waals surface area contributed by atoms with Gasteiger partial charge in [0.15, 0.2) is 18.1 Å². The van der Waals surface area contributed by atoms with Crippen LogP contribution in [0.15, 0.2) is 83.0 Å². The highest BCUT2D eigenvalue weighted by atomic mass is 16.6. The lowest BCUT2D eigenvalue weighted by Crippen LogP contribution is -2.19. The van der Waals surface area contributed by atoms with Crippen molar-refractivity contribution in [1.82, 2.24) is 0 Å². The van der Waals surface area contributed by atoms with E-state index in [9.17, 15) is 14.7 Å². The molecule has 0 amide bonds. The van der Waals surface area contributed by atoms with Gasteiger partial charge < -0.3 is 19.3 Å². The van der Waals surface area contributed by atoms with E-state index in [0.717, 1.165) is 11.1 Å². The summed E-state index contributed by atoms with van der Waals surface area (Å²) in [6, 6.07) is 4.64. The minimum Gasteiger partial charge on any atom is -0.504 e. The molecule has 0 unspecified atom stereocenters. The van der Waals surface area contributed by atoms with Crippen molar-refractivity contribution in [2.45, 2.75) is 53.9 Å². The number of hydrogen-bond donors (Lipinski definition) is 1. The van der Waals surface area contributed by atoms with Crippen LogP contribution in [0.2, 0.25) is 0 Å². The van der Waals surface area contributed by atoms with Crippen LogP contribution in [0, 0.1) is 5.41 Å². The first-order valence-electron chi connectivity index (χ1n) is 12.8. The first kappa shape index (κ1) is 30.4. The summed E-state index contributed by atoms with van der Waals surface area (Å²) in [7, 11) is 1.43. The van der Waals surface area contributed by atoms with Crippen molar-refractivity contribution in [2.24, 2.45) is 5.41 Å². The number of methoxy groups -OCH3 is 1. The summed E-state index contributed by atoms with van der Waals surface area (Å²) in [5, 5.41) is 9.60. The van der Waals surface area contributed by atoms with Crippen LogP contribution in [0.1, 0.15) is 59.4 Å². The molecule has 6 nitrogen and oxygen atoms in total. The Morgan fingerprint density at radius 2 is 1.82 bits per heavy atom. The molecule has 6 heteroatoms. The van der Waals surface area contributed by atoms with Gasteiger partial charge in [0, 0.05) is 6.08 Å². The lowest BCUT2D eigenvalue weighted by molar-refractivity contribution is -0.155. The molecule has 0 aliphatic heterocycles. The number of aromatic hydroxyl groups is 1. The smallest absolute Gasteiger partial charge is 0.344 e. The van der Waals surface area contributed by atoms with Crippen molar-refractivity contribution in [3.8, 4) is 11.5 Å². The number of rotatable bonds is 11. The molecule has 1 aromatic rings. The fourth-order valence-electron chi connectivity index (χ4n) is 4.15. The Morgan fingerprint density at radius 3 is 2.53 bits per heavy atom. The number of phenols is 1. The van der Waals surface area contributed by atoms with E-state index < -0.39 is 18.5 Å². The maximum absolute atomic E-state index is 11.9. The van der Waals surface area contributed by atoms with Gasteiger partial charge in [0.2, 0.25) is 0 Å². The average molecular weight is 521 g/mol. The molecule has 0 atom stereocenters. The molecule has 0 saturated carbocycles. The Kier molecular flexibility index (Phi) is 11.9. The van der Waals surface area contributed by atoms with E-state index in [2.05, 4.69) is 39.8 Å². The molecule has 1 N–H and O–H groups in total. The number of carbonyl (C=O) groups is 2. The standard InChI is InChI=1S/C32H40O6/c1-23(12-15-27-25(3)11-8-19-32(27,4)5)9-7-10-24(2)18-20-37-31(35)22-38-30(34)17-14-26-13-16-28(33)29(21-26)36-6/h7,9-10,12-18,21,33H,8,11,19-20,22H2,1-6H3/b10-7+,15-12+,17-14+,23-9-,24-18-. The molecular formula is C32H40O6. The summed E-state index contributed by atoms with van der Waals surface area (Å²) in [5.74, 6) is -1.03. The SMILES string of the molecule is COc1cc(/C=C/C(=O)OCC(=O)OC\C=C(C)/C=C/C=C(C)\C=C\C2=C(C)CCCC2(C)C)ccc1O. The van der Waals surface area contributed by atoms with E-state index in [0.29, 0.717) is 5.56 Å². The second kappa shape index (κ2) is 14.8. The fourth-order valence-corrected chi connectivity index (χ4v) is 4.15. The lowest BCUT2D eigenvalue weighted by Gasteiger charge is -2.32. The monoisotopic (exact) mass is 520 g/mol. The van der Waals surface area contributed by atoms with E-state index in [4.69, 9.17) is 14.2 Å². The van der Waals surface area contributed by atoms with Crippen LogP contribution < -0.4 is 4.74 Å². The zero-order valence-corrected chi connectivity index (χ0v) is 23.4. The molecule has 38 heavy (non-hydrogen) atoms. The summed E-state index contributed by atoms with van der Waals surface area (Å²) >= 11 is 0. The topological polar surface area (TPSA) is 82.1 Å². The van der Waals surface area contributed by atoms with Crippen molar-refractivity contribution in [3.63, 3.8) is 0 Å². The van der Waals surface area contributed by atoms with Crippen LogP contribution >= 0.6 is 0 Å². The van der Waals surface area contributed by atoms with Gasteiger partial charge in [-0.25, -0.2) is 9.59 Å². The van der Waals surface area contributed by atoms with Crippen LogP contribution in [0.5, 0.6) is 11.5 Å². The third-order valence-electron chi connectivity index (χ3n) is 6.37. The Balaban J connectivity index is 1.75. The molecule has 0 saturated heterocycles. The number of phenolic OH excluding ortho intramolecular Hbond substituents is 1. The molecule has 0 spiro atoms. The van der Waals surface area contributed by atoms with Gasteiger partial charge in [-0.15, -0.1) is 0 Å². The summed E-state index contributed by atoms with van der Waals surface area (Å²) in [5.41, 5.74) is 5.89. The molecular weight excluding hydrogens is 480 g/mol. The zero-order chi connectivity index (χ0) is 28.1. The first-order chi connectivity index (χ1) is 18.0. The number of hydrogen-bond acceptors (Lipinski definition) is 6. The molecule has 1 aliphatic carbocycles. The third kappa shape index (κ3) is 10.3. The van der Waals surface area contributed by atoms with Crippen LogP contribution in [-0.2, 0) is 19.1 Å². The molecule has 0 bridgehead atoms. The van der Waals surface area contributed by atoms with Gasteiger partial charge in [0.1, 0.15) is 6.61 Å². The second-order valence-corrected chi connectivity index (χ2v) is 10.0. The van der Waals surface area contributed by atoms with Gasteiger partial charge in [-0.2, -0.15) is 0 Å². The van der Waals surface area contributed by atoms with E-state index in [-0.39, 0.29) is 23.5 Å². The van der Waals surface area contributed by atoms with Crippen LogP contribution in [-0.4, -0.2) is 37.4 Å². The normalized spacial score (nSPS) is 16.5. The van der Waals surface area contributed by atoms with Crippen molar-refractivity contribution in [2.75, 3.05) is 20.3 Å². The largest absolute Gasteiger partial charge is 0.504 e. The highest BCUT2D eigenvalue weighted by Gasteiger charge is 2.26. The molecule has 0 aromatic heterocycles. The Morgan fingerprint density at radius 1 is 1.05 bits per heavy atom. The fraction of sp³-hybridized carbons (Fsp3) is 0.375. The lowest BCUT2D eigenvalue weighted by atomic mass is 9.72. The van der Waals surface area contributed by atoms with Gasteiger partial charge in [0.25, 0.3) is 0 Å². The van der Waals surface area contributed by atoms with Crippen LogP contribution in [0.3, 0.4) is 0 Å². The first-order valence-corrected chi connectivity index (χ1v) is 12.8. The van der Waals surface area contributed by atoms with E-state index in [1.807, 2.05) is 25.2 Å². The summed E-state index contributed by atoms with van der Waals surface area (Å²) in [6.45, 7) is 10.5. The molecule has 2 rings (SSSR count). The zero-order valence-electron chi connectivity index (χ0n) is 23.4. The molecule has 0 fully saturated rings. The maximum Gasteiger partial charge on any atom is 0.344 e. The molecule has 0 radical (unpaired) electrons.